The molecule has 0 bridgehead atoms. The maximum atomic E-state index is 5.24. The Morgan fingerprint density at radius 1 is 0.262 bits per heavy atom. The summed E-state index contributed by atoms with van der Waals surface area (Å²) in [6.45, 7) is 0. The highest BCUT2D eigenvalue weighted by Gasteiger charge is 2.19. The zero-order valence-electron chi connectivity index (χ0n) is 35.5. The lowest BCUT2D eigenvalue weighted by Gasteiger charge is -2.17. The first kappa shape index (κ1) is 38.0. The van der Waals surface area contributed by atoms with Crippen LogP contribution in [0.4, 0.5) is 0 Å². The maximum Gasteiger partial charge on any atom is 0.160 e. The Morgan fingerprint density at radius 2 is 0.738 bits per heavy atom. The molecule has 2 heterocycles. The number of nitrogens with zero attached hydrogens (tertiary/aromatic N) is 3. The van der Waals surface area contributed by atoms with Crippen LogP contribution < -0.4 is 0 Å². The zero-order chi connectivity index (χ0) is 43.1. The van der Waals surface area contributed by atoms with Gasteiger partial charge in [-0.15, -0.1) is 0 Å². The predicted octanol–water partition coefficient (Wildman–Crippen LogP) is 16.4. The summed E-state index contributed by atoms with van der Waals surface area (Å²) in [7, 11) is 0. The van der Waals surface area contributed by atoms with E-state index in [0.717, 1.165) is 61.6 Å². The van der Waals surface area contributed by atoms with Gasteiger partial charge in [0.25, 0.3) is 0 Å². The van der Waals surface area contributed by atoms with Crippen LogP contribution in [0.3, 0.4) is 0 Å². The molecule has 3 nitrogen and oxygen atoms in total. The van der Waals surface area contributed by atoms with Crippen molar-refractivity contribution in [3.63, 3.8) is 0 Å². The number of aromatic nitrogens is 3. The van der Waals surface area contributed by atoms with Crippen molar-refractivity contribution in [3.8, 4) is 84.1 Å². The number of benzene rings is 10. The molecule has 65 heavy (non-hydrogen) atoms. The van der Waals surface area contributed by atoms with Crippen LogP contribution in [0.25, 0.3) is 117 Å². The molecule has 0 radical (unpaired) electrons. The second-order valence-corrected chi connectivity index (χ2v) is 16.5. The van der Waals surface area contributed by atoms with Gasteiger partial charge in [0.1, 0.15) is 0 Å². The van der Waals surface area contributed by atoms with Gasteiger partial charge in [0.05, 0.1) is 28.1 Å². The van der Waals surface area contributed by atoms with Crippen LogP contribution in [0.2, 0.25) is 0 Å². The molecular weight excluding hydrogens is 787 g/mol. The summed E-state index contributed by atoms with van der Waals surface area (Å²) in [6.07, 6.45) is 0. The molecule has 10 aromatic carbocycles. The Morgan fingerprint density at radius 3 is 1.38 bits per heavy atom. The lowest BCUT2D eigenvalue weighted by Crippen LogP contribution is -1.98. The van der Waals surface area contributed by atoms with Crippen LogP contribution in [0.15, 0.2) is 249 Å². The summed E-state index contributed by atoms with van der Waals surface area (Å²) in [5, 5.41) is 4.88. The van der Waals surface area contributed by atoms with Crippen molar-refractivity contribution in [2.45, 2.75) is 0 Å². The molecule has 0 N–H and O–H groups in total. The van der Waals surface area contributed by atoms with Crippen LogP contribution in [0.5, 0.6) is 0 Å². The van der Waals surface area contributed by atoms with Crippen molar-refractivity contribution >= 4 is 32.6 Å². The molecule has 12 rings (SSSR count). The molecule has 12 aromatic rings. The minimum atomic E-state index is 0.690. The SMILES string of the molecule is c1ccc(-c2cc(-c3ccccc3)cc(-c3cc(-c4ccc(-c5ccc(-n6c7ccccc7c7cccc(-c8ccccc8)c76)c6ccccc56)cc4)nc(-c4ccccc4)n3)c2)cc1. The third kappa shape index (κ3) is 6.97. The van der Waals surface area contributed by atoms with Gasteiger partial charge in [-0.25, -0.2) is 9.97 Å². The molecule has 0 fully saturated rings. The van der Waals surface area contributed by atoms with E-state index < -0.39 is 0 Å². The summed E-state index contributed by atoms with van der Waals surface area (Å²) >= 11 is 0. The molecule has 0 spiro atoms. The first-order valence-corrected chi connectivity index (χ1v) is 22.1. The van der Waals surface area contributed by atoms with E-state index >= 15 is 0 Å². The molecule has 304 valence electrons. The summed E-state index contributed by atoms with van der Waals surface area (Å²) in [5.74, 6) is 0.690. The fraction of sp³-hybridized carbons (Fsp3) is 0. The van der Waals surface area contributed by atoms with Gasteiger partial charge in [0.15, 0.2) is 5.82 Å². The Hall–Kier alpha value is -8.66. The van der Waals surface area contributed by atoms with E-state index in [0.29, 0.717) is 5.82 Å². The Kier molecular flexibility index (Phi) is 9.50. The van der Waals surface area contributed by atoms with E-state index in [-0.39, 0.29) is 0 Å². The van der Waals surface area contributed by atoms with E-state index in [1.54, 1.807) is 0 Å². The minimum absolute atomic E-state index is 0.690. The first-order valence-electron chi connectivity index (χ1n) is 22.1. The molecule has 0 aliphatic rings. The van der Waals surface area contributed by atoms with Gasteiger partial charge in [0, 0.05) is 38.4 Å². The van der Waals surface area contributed by atoms with E-state index in [4.69, 9.17) is 9.97 Å². The van der Waals surface area contributed by atoms with Crippen LogP contribution in [0.1, 0.15) is 0 Å². The predicted molar refractivity (Wildman–Crippen MR) is 272 cm³/mol. The molecule has 2 aromatic heterocycles. The topological polar surface area (TPSA) is 30.7 Å². The molecule has 3 heteroatoms. The van der Waals surface area contributed by atoms with Crippen LogP contribution in [-0.4, -0.2) is 14.5 Å². The van der Waals surface area contributed by atoms with Gasteiger partial charge >= 0.3 is 0 Å². The molecule has 0 unspecified atom stereocenters. The lowest BCUT2D eigenvalue weighted by molar-refractivity contribution is 1.18. The largest absolute Gasteiger partial charge is 0.308 e. The van der Waals surface area contributed by atoms with Crippen molar-refractivity contribution in [2.75, 3.05) is 0 Å². The van der Waals surface area contributed by atoms with Gasteiger partial charge in [-0.1, -0.05) is 212 Å². The Bertz CT molecular complexity index is 3610. The number of hydrogen-bond acceptors (Lipinski definition) is 2. The van der Waals surface area contributed by atoms with Gasteiger partial charge in [0.2, 0.25) is 0 Å². The monoisotopic (exact) mass is 827 g/mol. The normalized spacial score (nSPS) is 11.4. The third-order valence-electron chi connectivity index (χ3n) is 12.6. The van der Waals surface area contributed by atoms with Gasteiger partial charge in [-0.3, -0.25) is 0 Å². The van der Waals surface area contributed by atoms with Crippen LogP contribution in [0, 0.1) is 0 Å². The fourth-order valence-electron chi connectivity index (χ4n) is 9.50. The van der Waals surface area contributed by atoms with Gasteiger partial charge in [-0.2, -0.15) is 0 Å². The summed E-state index contributed by atoms with van der Waals surface area (Å²) in [6, 6.07) is 88.8. The second-order valence-electron chi connectivity index (χ2n) is 16.5. The van der Waals surface area contributed by atoms with Crippen molar-refractivity contribution in [1.29, 1.82) is 0 Å². The van der Waals surface area contributed by atoms with Gasteiger partial charge in [-0.05, 0) is 80.7 Å². The summed E-state index contributed by atoms with van der Waals surface area (Å²) in [5.41, 5.74) is 17.7. The van der Waals surface area contributed by atoms with E-state index in [2.05, 4.69) is 235 Å². The molecule has 0 aliphatic heterocycles. The molecular formula is C62H41N3. The van der Waals surface area contributed by atoms with Crippen LogP contribution >= 0.6 is 0 Å². The Balaban J connectivity index is 0.981. The molecule has 0 saturated heterocycles. The molecule has 0 atom stereocenters. The third-order valence-corrected chi connectivity index (χ3v) is 12.6. The second kappa shape index (κ2) is 16.2. The number of hydrogen-bond donors (Lipinski definition) is 0. The molecule has 0 amide bonds. The maximum absolute atomic E-state index is 5.24. The number of fused-ring (bicyclic) bond motifs is 4. The number of rotatable bonds is 8. The first-order chi connectivity index (χ1) is 32.2. The van der Waals surface area contributed by atoms with Crippen molar-refractivity contribution < 1.29 is 0 Å². The zero-order valence-corrected chi connectivity index (χ0v) is 35.5. The molecule has 0 saturated carbocycles. The van der Waals surface area contributed by atoms with Gasteiger partial charge < -0.3 is 4.57 Å². The van der Waals surface area contributed by atoms with E-state index in [1.807, 2.05) is 18.2 Å². The Labute approximate surface area is 378 Å². The fourth-order valence-corrected chi connectivity index (χ4v) is 9.50. The van der Waals surface area contributed by atoms with E-state index in [1.165, 1.54) is 49.3 Å². The van der Waals surface area contributed by atoms with Crippen molar-refractivity contribution in [3.05, 3.63) is 249 Å². The highest BCUT2D eigenvalue weighted by atomic mass is 15.0. The highest BCUT2D eigenvalue weighted by Crippen LogP contribution is 2.42. The van der Waals surface area contributed by atoms with Crippen molar-refractivity contribution in [2.24, 2.45) is 0 Å². The smallest absolute Gasteiger partial charge is 0.160 e. The van der Waals surface area contributed by atoms with Crippen molar-refractivity contribution in [1.82, 2.24) is 14.5 Å². The quantitative estimate of drug-likeness (QED) is 0.153. The summed E-state index contributed by atoms with van der Waals surface area (Å²) in [4.78, 5) is 10.5. The summed E-state index contributed by atoms with van der Waals surface area (Å²) < 4.78 is 2.47. The average molecular weight is 828 g/mol. The van der Waals surface area contributed by atoms with E-state index in [9.17, 15) is 0 Å². The molecule has 0 aliphatic carbocycles. The minimum Gasteiger partial charge on any atom is -0.308 e. The van der Waals surface area contributed by atoms with Crippen LogP contribution in [-0.2, 0) is 0 Å². The highest BCUT2D eigenvalue weighted by molar-refractivity contribution is 6.15. The standard InChI is InChI=1S/C62H41N3/c1-5-18-42(19-6-1)48-38-49(43-20-7-2-8-21-43)40-50(39-48)58-41-57(63-62(64-58)47-24-11-4-12-25-47)46-34-32-45(33-35-46)51-36-37-60(54-27-14-13-26-53(51)54)65-59-31-16-15-28-55(59)56-30-17-29-52(61(56)65)44-22-9-3-10-23-44/h1-41H. The number of para-hydroxylation sites is 2. The lowest BCUT2D eigenvalue weighted by atomic mass is 9.94. The average Bonchev–Trinajstić information content (AvgIpc) is 3.73.